The SMILES string of the molecule is CN=C(NC#N)N(C)Cc1csc(C(=O)Nc2c(OC)cc(Cl)cc2C(=O)Nc2ccc(Cl)cn2)c1Cl. The fourth-order valence-electron chi connectivity index (χ4n) is 3.20. The van der Waals surface area contributed by atoms with E-state index in [-0.39, 0.29) is 44.3 Å². The molecule has 192 valence electrons. The monoisotopic (exact) mass is 579 g/mol. The van der Waals surface area contributed by atoms with Crippen LogP contribution in [-0.2, 0) is 6.54 Å². The third kappa shape index (κ3) is 6.81. The Bertz CT molecular complexity index is 1390. The Hall–Kier alpha value is -3.56. The largest absolute Gasteiger partial charge is 0.494 e. The van der Waals surface area contributed by atoms with Gasteiger partial charge in [-0.2, -0.15) is 5.26 Å². The maximum atomic E-state index is 13.2. The summed E-state index contributed by atoms with van der Waals surface area (Å²) in [6.07, 6.45) is 3.20. The summed E-state index contributed by atoms with van der Waals surface area (Å²) in [7, 11) is 4.65. The van der Waals surface area contributed by atoms with Gasteiger partial charge >= 0.3 is 0 Å². The van der Waals surface area contributed by atoms with Crippen molar-refractivity contribution in [1.82, 2.24) is 15.2 Å². The Morgan fingerprint density at radius 3 is 2.57 bits per heavy atom. The predicted octanol–water partition coefficient (Wildman–Crippen LogP) is 5.10. The number of anilines is 2. The van der Waals surface area contributed by atoms with E-state index in [1.54, 1.807) is 30.4 Å². The predicted molar refractivity (Wildman–Crippen MR) is 146 cm³/mol. The summed E-state index contributed by atoms with van der Waals surface area (Å²) >= 11 is 19.7. The minimum atomic E-state index is -0.582. The Morgan fingerprint density at radius 1 is 1.19 bits per heavy atom. The average Bonchev–Trinajstić information content (AvgIpc) is 3.24. The van der Waals surface area contributed by atoms with Crippen molar-refractivity contribution < 1.29 is 14.3 Å². The number of aliphatic imine (C=N–C) groups is 1. The van der Waals surface area contributed by atoms with Crippen molar-refractivity contribution in [3.8, 4) is 11.9 Å². The molecule has 0 aliphatic carbocycles. The Labute approximate surface area is 231 Å². The van der Waals surface area contributed by atoms with Crippen molar-refractivity contribution in [3.63, 3.8) is 0 Å². The number of benzene rings is 1. The Kier molecular flexibility index (Phi) is 9.54. The summed E-state index contributed by atoms with van der Waals surface area (Å²) in [5.74, 6) is -0.368. The van der Waals surface area contributed by atoms with E-state index in [4.69, 9.17) is 44.8 Å². The van der Waals surface area contributed by atoms with E-state index < -0.39 is 11.8 Å². The van der Waals surface area contributed by atoms with Crippen LogP contribution in [-0.4, -0.2) is 48.9 Å². The van der Waals surface area contributed by atoms with Crippen molar-refractivity contribution in [2.45, 2.75) is 6.54 Å². The number of halogens is 3. The van der Waals surface area contributed by atoms with E-state index in [0.29, 0.717) is 16.5 Å². The van der Waals surface area contributed by atoms with Crippen LogP contribution in [0.5, 0.6) is 5.75 Å². The Balaban J connectivity index is 1.88. The number of thiophene rings is 1. The molecule has 3 rings (SSSR count). The van der Waals surface area contributed by atoms with Gasteiger partial charge in [0.2, 0.25) is 5.96 Å². The molecule has 2 amide bonds. The molecule has 2 heterocycles. The summed E-state index contributed by atoms with van der Waals surface area (Å²) in [4.78, 5) is 36.2. The number of aromatic nitrogens is 1. The molecule has 2 aromatic heterocycles. The number of nitriles is 1. The number of ether oxygens (including phenoxy) is 1. The van der Waals surface area contributed by atoms with E-state index in [2.05, 4.69) is 25.9 Å². The third-order valence-corrected chi connectivity index (χ3v) is 6.91. The topological polar surface area (TPSA) is 132 Å². The highest BCUT2D eigenvalue weighted by atomic mass is 35.5. The van der Waals surface area contributed by atoms with E-state index >= 15 is 0 Å². The quantitative estimate of drug-likeness (QED) is 0.153. The molecular weight excluding hydrogens is 561 g/mol. The molecule has 0 aliphatic heterocycles. The van der Waals surface area contributed by atoms with Crippen molar-refractivity contribution in [2.24, 2.45) is 4.99 Å². The van der Waals surface area contributed by atoms with Crippen molar-refractivity contribution in [1.29, 1.82) is 5.26 Å². The second kappa shape index (κ2) is 12.6. The Morgan fingerprint density at radius 2 is 1.95 bits per heavy atom. The van der Waals surface area contributed by atoms with Gasteiger partial charge in [-0.05, 0) is 23.6 Å². The van der Waals surface area contributed by atoms with Crippen LogP contribution in [0, 0.1) is 11.5 Å². The number of amides is 2. The minimum Gasteiger partial charge on any atom is -0.494 e. The number of rotatable bonds is 7. The number of guanidine groups is 1. The molecule has 0 saturated heterocycles. The molecule has 0 aliphatic rings. The van der Waals surface area contributed by atoms with Gasteiger partial charge in [0.15, 0.2) is 6.19 Å². The van der Waals surface area contributed by atoms with Crippen LogP contribution in [0.15, 0.2) is 40.8 Å². The van der Waals surface area contributed by atoms with Gasteiger partial charge < -0.3 is 20.3 Å². The molecule has 10 nitrogen and oxygen atoms in total. The van der Waals surface area contributed by atoms with Gasteiger partial charge in [0.1, 0.15) is 16.4 Å². The first-order valence-electron chi connectivity index (χ1n) is 10.4. The number of methoxy groups -OCH3 is 1. The molecule has 3 N–H and O–H groups in total. The lowest BCUT2D eigenvalue weighted by molar-refractivity contribution is 0.102. The molecule has 0 fully saturated rings. The van der Waals surface area contributed by atoms with Crippen molar-refractivity contribution in [3.05, 3.63) is 66.9 Å². The first kappa shape index (κ1) is 28.0. The molecule has 3 aromatic rings. The molecule has 0 bridgehead atoms. The van der Waals surface area contributed by atoms with Crippen molar-refractivity contribution >= 4 is 75.4 Å². The lowest BCUT2D eigenvalue weighted by Crippen LogP contribution is -2.35. The number of hydrogen-bond donors (Lipinski definition) is 3. The van der Waals surface area contributed by atoms with Crippen LogP contribution in [0.25, 0.3) is 0 Å². The highest BCUT2D eigenvalue weighted by Gasteiger charge is 2.24. The first-order chi connectivity index (χ1) is 17.7. The zero-order valence-corrected chi connectivity index (χ0v) is 22.8. The maximum Gasteiger partial charge on any atom is 0.267 e. The van der Waals surface area contributed by atoms with Gasteiger partial charge in [-0.25, -0.2) is 4.98 Å². The molecule has 0 atom stereocenters. The average molecular weight is 581 g/mol. The molecule has 0 saturated carbocycles. The van der Waals surface area contributed by atoms with Crippen molar-refractivity contribution in [2.75, 3.05) is 31.8 Å². The number of pyridine rings is 1. The van der Waals surface area contributed by atoms with E-state index in [9.17, 15) is 9.59 Å². The molecule has 0 spiro atoms. The number of nitrogens with zero attached hydrogens (tertiary/aromatic N) is 4. The highest BCUT2D eigenvalue weighted by molar-refractivity contribution is 7.13. The molecule has 14 heteroatoms. The molecule has 37 heavy (non-hydrogen) atoms. The summed E-state index contributed by atoms with van der Waals surface area (Å²) in [6, 6.07) is 5.98. The number of hydrogen-bond acceptors (Lipinski definition) is 7. The zero-order chi connectivity index (χ0) is 27.1. The van der Waals surface area contributed by atoms with Gasteiger partial charge in [0.25, 0.3) is 11.8 Å². The third-order valence-electron chi connectivity index (χ3n) is 4.89. The van der Waals surface area contributed by atoms with Crippen LogP contribution in [0.1, 0.15) is 25.6 Å². The molecule has 0 unspecified atom stereocenters. The van der Waals surface area contributed by atoms with Crippen LogP contribution < -0.4 is 20.7 Å². The molecule has 0 radical (unpaired) electrons. The minimum absolute atomic E-state index is 0.0495. The van der Waals surface area contributed by atoms with Crippen LogP contribution in [0.3, 0.4) is 0 Å². The van der Waals surface area contributed by atoms with E-state index in [1.807, 2.05) is 6.19 Å². The van der Waals surface area contributed by atoms with Gasteiger partial charge in [-0.3, -0.25) is 19.9 Å². The second-order valence-corrected chi connectivity index (χ2v) is 9.48. The standard InChI is InChI=1S/C23H20Cl3N7O3S/c1-28-23(30-11-27)33(2)9-12-10-37-20(18(12)26)22(35)32-19-15(6-14(25)7-16(19)36-3)21(34)31-17-5-4-13(24)8-29-17/h4-8,10H,9H2,1-3H3,(H,28,30)(H,32,35)(H,29,31,34). The van der Waals surface area contributed by atoms with Gasteiger partial charge in [-0.1, -0.05) is 34.8 Å². The maximum absolute atomic E-state index is 13.2. The number of nitrogens with one attached hydrogen (secondary N) is 3. The first-order valence-corrected chi connectivity index (χ1v) is 12.4. The fourth-order valence-corrected chi connectivity index (χ4v) is 4.76. The lowest BCUT2D eigenvalue weighted by Gasteiger charge is -2.19. The normalized spacial score (nSPS) is 10.9. The summed E-state index contributed by atoms with van der Waals surface area (Å²) in [6.45, 7) is 0.288. The molecular formula is C23H20Cl3N7O3S. The van der Waals surface area contributed by atoms with Gasteiger partial charge in [0.05, 0.1) is 28.4 Å². The van der Waals surface area contributed by atoms with E-state index in [0.717, 1.165) is 11.3 Å². The number of carbonyl (C=O) groups excluding carboxylic acids is 2. The highest BCUT2D eigenvalue weighted by Crippen LogP contribution is 2.35. The van der Waals surface area contributed by atoms with Gasteiger partial charge in [0, 0.05) is 43.5 Å². The zero-order valence-electron chi connectivity index (χ0n) is 19.7. The second-order valence-electron chi connectivity index (χ2n) is 7.34. The number of carbonyl (C=O) groups is 2. The van der Waals surface area contributed by atoms with Crippen LogP contribution in [0.4, 0.5) is 11.5 Å². The summed E-state index contributed by atoms with van der Waals surface area (Å²) in [5, 5.41) is 19.3. The van der Waals surface area contributed by atoms with Crippen LogP contribution in [0.2, 0.25) is 15.1 Å². The van der Waals surface area contributed by atoms with Crippen LogP contribution >= 0.6 is 46.1 Å². The molecule has 1 aromatic carbocycles. The van der Waals surface area contributed by atoms with Gasteiger partial charge in [-0.15, -0.1) is 11.3 Å². The summed E-state index contributed by atoms with van der Waals surface area (Å²) < 4.78 is 5.37. The fraction of sp³-hybridized carbons (Fsp3) is 0.174. The summed E-state index contributed by atoms with van der Waals surface area (Å²) in [5.41, 5.74) is 0.800. The van der Waals surface area contributed by atoms with E-state index in [1.165, 1.54) is 31.5 Å². The lowest BCUT2D eigenvalue weighted by atomic mass is 10.1. The smallest absolute Gasteiger partial charge is 0.267 e.